The number of hydrogen-bond donors (Lipinski definition) is 2. The average Bonchev–Trinajstić information content (AvgIpc) is 3.18. The second kappa shape index (κ2) is 9.36. The topological polar surface area (TPSA) is 66.7 Å². The summed E-state index contributed by atoms with van der Waals surface area (Å²) in [4.78, 5) is 14.5. The summed E-state index contributed by atoms with van der Waals surface area (Å²) in [6.07, 6.45) is 1.60. The van der Waals surface area contributed by atoms with E-state index in [2.05, 4.69) is 27.7 Å². The SMILES string of the molecule is O=C(CNC(CN1CCOCC1)c1ccccc1)NCc1ccco1. The van der Waals surface area contributed by atoms with E-state index in [1.807, 2.05) is 30.3 Å². The third-order valence-electron chi connectivity index (χ3n) is 4.30. The van der Waals surface area contributed by atoms with E-state index in [9.17, 15) is 4.79 Å². The van der Waals surface area contributed by atoms with E-state index in [1.165, 1.54) is 5.56 Å². The third kappa shape index (κ3) is 5.70. The van der Waals surface area contributed by atoms with Gasteiger partial charge in [-0.25, -0.2) is 0 Å². The van der Waals surface area contributed by atoms with Gasteiger partial charge in [-0.15, -0.1) is 0 Å². The van der Waals surface area contributed by atoms with Gasteiger partial charge in [0.2, 0.25) is 5.91 Å². The van der Waals surface area contributed by atoms with Gasteiger partial charge in [0.25, 0.3) is 0 Å². The van der Waals surface area contributed by atoms with Crippen molar-refractivity contribution in [3.63, 3.8) is 0 Å². The second-order valence-electron chi connectivity index (χ2n) is 6.11. The van der Waals surface area contributed by atoms with Crippen LogP contribution in [0, 0.1) is 0 Å². The molecule has 3 rings (SSSR count). The van der Waals surface area contributed by atoms with E-state index in [4.69, 9.17) is 9.15 Å². The highest BCUT2D eigenvalue weighted by atomic mass is 16.5. The molecule has 0 radical (unpaired) electrons. The van der Waals surface area contributed by atoms with Gasteiger partial charge in [0.05, 0.1) is 32.6 Å². The molecule has 0 saturated carbocycles. The van der Waals surface area contributed by atoms with E-state index < -0.39 is 0 Å². The molecule has 2 aromatic rings. The highest BCUT2D eigenvalue weighted by molar-refractivity contribution is 5.77. The Morgan fingerprint density at radius 3 is 2.64 bits per heavy atom. The molecule has 0 spiro atoms. The van der Waals surface area contributed by atoms with E-state index in [-0.39, 0.29) is 18.5 Å². The Bertz CT molecular complexity index is 625. The molecule has 0 bridgehead atoms. The van der Waals surface area contributed by atoms with Crippen molar-refractivity contribution in [3.05, 3.63) is 60.1 Å². The lowest BCUT2D eigenvalue weighted by Gasteiger charge is -2.31. The molecule has 1 aliphatic rings. The summed E-state index contributed by atoms with van der Waals surface area (Å²) in [5.41, 5.74) is 1.19. The standard InChI is InChI=1S/C19H25N3O3/c23-19(21-13-17-7-4-10-25-17)14-20-18(16-5-2-1-3-6-16)15-22-8-11-24-12-9-22/h1-7,10,18,20H,8-9,11-15H2,(H,21,23). The molecule has 1 amide bonds. The minimum atomic E-state index is -0.0423. The number of nitrogens with zero attached hydrogens (tertiary/aromatic N) is 1. The van der Waals surface area contributed by atoms with Gasteiger partial charge in [-0.3, -0.25) is 9.69 Å². The number of morpholine rings is 1. The molecule has 1 saturated heterocycles. The number of carbonyl (C=O) groups excluding carboxylic acids is 1. The summed E-state index contributed by atoms with van der Waals surface area (Å²) in [5, 5.41) is 6.25. The fourth-order valence-corrected chi connectivity index (χ4v) is 2.89. The number of ether oxygens (including phenoxy) is 1. The Hall–Kier alpha value is -2.15. The number of rotatable bonds is 8. The summed E-state index contributed by atoms with van der Waals surface area (Å²) < 4.78 is 10.6. The molecule has 1 aromatic carbocycles. The number of carbonyl (C=O) groups is 1. The average molecular weight is 343 g/mol. The van der Waals surface area contributed by atoms with Crippen LogP contribution in [0.3, 0.4) is 0 Å². The van der Waals surface area contributed by atoms with Crippen molar-refractivity contribution in [3.8, 4) is 0 Å². The molecular weight excluding hydrogens is 318 g/mol. The smallest absolute Gasteiger partial charge is 0.234 e. The van der Waals surface area contributed by atoms with Crippen molar-refractivity contribution in [2.75, 3.05) is 39.4 Å². The molecule has 1 aromatic heterocycles. The van der Waals surface area contributed by atoms with E-state index in [0.717, 1.165) is 38.6 Å². The number of benzene rings is 1. The van der Waals surface area contributed by atoms with Crippen LogP contribution in [0.5, 0.6) is 0 Å². The zero-order valence-corrected chi connectivity index (χ0v) is 14.3. The lowest BCUT2D eigenvalue weighted by atomic mass is 10.1. The zero-order valence-electron chi connectivity index (χ0n) is 14.3. The van der Waals surface area contributed by atoms with Crippen LogP contribution in [-0.4, -0.2) is 50.2 Å². The molecule has 0 aliphatic carbocycles. The Morgan fingerprint density at radius 1 is 1.12 bits per heavy atom. The molecule has 6 nitrogen and oxygen atoms in total. The maximum Gasteiger partial charge on any atom is 0.234 e. The molecule has 1 unspecified atom stereocenters. The third-order valence-corrected chi connectivity index (χ3v) is 4.30. The van der Waals surface area contributed by atoms with Crippen LogP contribution in [0.2, 0.25) is 0 Å². The summed E-state index contributed by atoms with van der Waals surface area (Å²) in [6, 6.07) is 14.0. The van der Waals surface area contributed by atoms with Crippen LogP contribution in [0.15, 0.2) is 53.1 Å². The summed E-state index contributed by atoms with van der Waals surface area (Å²) >= 11 is 0. The fraction of sp³-hybridized carbons (Fsp3) is 0.421. The minimum Gasteiger partial charge on any atom is -0.467 e. The predicted octanol–water partition coefficient (Wildman–Crippen LogP) is 1.56. The van der Waals surface area contributed by atoms with E-state index in [0.29, 0.717) is 6.54 Å². The highest BCUT2D eigenvalue weighted by Crippen LogP contribution is 2.15. The fourth-order valence-electron chi connectivity index (χ4n) is 2.89. The molecule has 1 atom stereocenters. The summed E-state index contributed by atoms with van der Waals surface area (Å²) in [6.45, 7) is 4.93. The van der Waals surface area contributed by atoms with E-state index in [1.54, 1.807) is 6.26 Å². The zero-order chi connectivity index (χ0) is 17.3. The highest BCUT2D eigenvalue weighted by Gasteiger charge is 2.18. The van der Waals surface area contributed by atoms with Crippen LogP contribution in [0.4, 0.5) is 0 Å². The van der Waals surface area contributed by atoms with Crippen molar-refractivity contribution in [2.45, 2.75) is 12.6 Å². The lowest BCUT2D eigenvalue weighted by Crippen LogP contribution is -2.44. The van der Waals surface area contributed by atoms with Crippen molar-refractivity contribution >= 4 is 5.91 Å². The van der Waals surface area contributed by atoms with Gasteiger partial charge >= 0.3 is 0 Å². The molecule has 1 fully saturated rings. The first kappa shape index (κ1) is 17.7. The van der Waals surface area contributed by atoms with Gasteiger partial charge in [0.15, 0.2) is 0 Å². The first-order chi connectivity index (χ1) is 12.3. The Morgan fingerprint density at radius 2 is 1.92 bits per heavy atom. The van der Waals surface area contributed by atoms with Gasteiger partial charge in [-0.1, -0.05) is 30.3 Å². The van der Waals surface area contributed by atoms with Gasteiger partial charge < -0.3 is 19.8 Å². The Labute approximate surface area is 148 Å². The monoisotopic (exact) mass is 343 g/mol. The number of amides is 1. The van der Waals surface area contributed by atoms with Crippen molar-refractivity contribution < 1.29 is 13.9 Å². The van der Waals surface area contributed by atoms with Crippen LogP contribution < -0.4 is 10.6 Å². The molecule has 2 heterocycles. The molecule has 25 heavy (non-hydrogen) atoms. The first-order valence-corrected chi connectivity index (χ1v) is 8.69. The number of furan rings is 1. The first-order valence-electron chi connectivity index (χ1n) is 8.69. The lowest BCUT2D eigenvalue weighted by molar-refractivity contribution is -0.120. The van der Waals surface area contributed by atoms with Crippen molar-refractivity contribution in [1.82, 2.24) is 15.5 Å². The maximum absolute atomic E-state index is 12.1. The number of hydrogen-bond acceptors (Lipinski definition) is 5. The van der Waals surface area contributed by atoms with Crippen molar-refractivity contribution in [2.24, 2.45) is 0 Å². The Kier molecular flexibility index (Phi) is 6.62. The van der Waals surface area contributed by atoms with Crippen LogP contribution in [0.25, 0.3) is 0 Å². The molecule has 2 N–H and O–H groups in total. The van der Waals surface area contributed by atoms with Crippen molar-refractivity contribution in [1.29, 1.82) is 0 Å². The quantitative estimate of drug-likeness (QED) is 0.761. The van der Waals surface area contributed by atoms with Gasteiger partial charge in [0, 0.05) is 25.7 Å². The Balaban J connectivity index is 1.52. The molecule has 134 valence electrons. The largest absolute Gasteiger partial charge is 0.467 e. The van der Waals surface area contributed by atoms with Crippen LogP contribution in [0.1, 0.15) is 17.4 Å². The maximum atomic E-state index is 12.1. The van der Waals surface area contributed by atoms with Gasteiger partial charge in [-0.2, -0.15) is 0 Å². The number of nitrogens with one attached hydrogen (secondary N) is 2. The van der Waals surface area contributed by atoms with Crippen LogP contribution in [-0.2, 0) is 16.1 Å². The van der Waals surface area contributed by atoms with Gasteiger partial charge in [-0.05, 0) is 17.7 Å². The predicted molar refractivity (Wildman–Crippen MR) is 95.0 cm³/mol. The van der Waals surface area contributed by atoms with E-state index >= 15 is 0 Å². The molecule has 1 aliphatic heterocycles. The van der Waals surface area contributed by atoms with Gasteiger partial charge in [0.1, 0.15) is 5.76 Å². The second-order valence-corrected chi connectivity index (χ2v) is 6.11. The molecule has 6 heteroatoms. The summed E-state index contributed by atoms with van der Waals surface area (Å²) in [7, 11) is 0. The summed E-state index contributed by atoms with van der Waals surface area (Å²) in [5.74, 6) is 0.709. The minimum absolute atomic E-state index is 0.0423. The van der Waals surface area contributed by atoms with Crippen LogP contribution >= 0.6 is 0 Å². The normalized spacial score (nSPS) is 16.5. The molecular formula is C19H25N3O3.